The molecule has 2 saturated carbocycles. The molecule has 0 unspecified atom stereocenters. The number of nitrogens with zero attached hydrogens (tertiary/aromatic N) is 2. The van der Waals surface area contributed by atoms with Gasteiger partial charge in [0, 0.05) is 12.6 Å². The molecule has 90 valence electrons. The van der Waals surface area contributed by atoms with Gasteiger partial charge in [-0.2, -0.15) is 0 Å². The SMILES string of the molecule is N=C(N)c1ccc(N(CC2CC2)C2CC2)cn1. The number of hydrogen-bond acceptors (Lipinski definition) is 3. The minimum Gasteiger partial charge on any atom is -0.382 e. The normalized spacial score (nSPS) is 19.1. The third-order valence-corrected chi connectivity index (χ3v) is 3.49. The Morgan fingerprint density at radius 3 is 2.59 bits per heavy atom. The highest BCUT2D eigenvalue weighted by molar-refractivity contribution is 5.93. The van der Waals surface area contributed by atoms with Crippen molar-refractivity contribution in [2.24, 2.45) is 11.7 Å². The van der Waals surface area contributed by atoms with E-state index in [9.17, 15) is 0 Å². The largest absolute Gasteiger partial charge is 0.382 e. The van der Waals surface area contributed by atoms with Crippen LogP contribution in [0.25, 0.3) is 0 Å². The lowest BCUT2D eigenvalue weighted by Crippen LogP contribution is -2.28. The summed E-state index contributed by atoms with van der Waals surface area (Å²) in [6, 6.07) is 4.62. The van der Waals surface area contributed by atoms with Crippen LogP contribution in [0.5, 0.6) is 0 Å². The van der Waals surface area contributed by atoms with Gasteiger partial charge in [0.15, 0.2) is 0 Å². The van der Waals surface area contributed by atoms with Crippen molar-refractivity contribution in [3.63, 3.8) is 0 Å². The fraction of sp³-hybridized carbons (Fsp3) is 0.538. The average Bonchev–Trinajstić information content (AvgIpc) is 3.18. The molecule has 0 aromatic carbocycles. The summed E-state index contributed by atoms with van der Waals surface area (Å²) in [5.74, 6) is 0.930. The molecule has 0 atom stereocenters. The van der Waals surface area contributed by atoms with Gasteiger partial charge in [-0.15, -0.1) is 0 Å². The van der Waals surface area contributed by atoms with Gasteiger partial charge in [0.25, 0.3) is 0 Å². The van der Waals surface area contributed by atoms with Crippen molar-refractivity contribution < 1.29 is 0 Å². The van der Waals surface area contributed by atoms with Crippen molar-refractivity contribution in [2.75, 3.05) is 11.4 Å². The Labute approximate surface area is 101 Å². The first-order valence-corrected chi connectivity index (χ1v) is 6.31. The summed E-state index contributed by atoms with van der Waals surface area (Å²) in [5.41, 5.74) is 7.16. The summed E-state index contributed by atoms with van der Waals surface area (Å²) < 4.78 is 0. The first-order valence-electron chi connectivity index (χ1n) is 6.31. The van der Waals surface area contributed by atoms with E-state index < -0.39 is 0 Å². The average molecular weight is 230 g/mol. The van der Waals surface area contributed by atoms with Crippen LogP contribution in [0.1, 0.15) is 31.4 Å². The molecule has 2 aliphatic carbocycles. The van der Waals surface area contributed by atoms with Gasteiger partial charge in [0.2, 0.25) is 0 Å². The lowest BCUT2D eigenvalue weighted by atomic mass is 10.2. The number of rotatable bonds is 5. The number of aromatic nitrogens is 1. The Morgan fingerprint density at radius 2 is 2.12 bits per heavy atom. The van der Waals surface area contributed by atoms with Gasteiger partial charge in [-0.1, -0.05) is 0 Å². The van der Waals surface area contributed by atoms with Crippen LogP contribution in [0.2, 0.25) is 0 Å². The Bertz CT molecular complexity index is 418. The zero-order chi connectivity index (χ0) is 11.8. The van der Waals surface area contributed by atoms with Crippen LogP contribution < -0.4 is 10.6 Å². The molecule has 2 aliphatic rings. The molecule has 0 bridgehead atoms. The van der Waals surface area contributed by atoms with E-state index in [1.54, 1.807) is 0 Å². The molecule has 4 nitrogen and oxygen atoms in total. The maximum Gasteiger partial charge on any atom is 0.141 e. The van der Waals surface area contributed by atoms with Gasteiger partial charge < -0.3 is 10.6 Å². The third kappa shape index (κ3) is 2.40. The summed E-state index contributed by atoms with van der Waals surface area (Å²) >= 11 is 0. The predicted molar refractivity (Wildman–Crippen MR) is 68.3 cm³/mol. The minimum atomic E-state index is 0.0386. The Kier molecular flexibility index (Phi) is 2.50. The van der Waals surface area contributed by atoms with Gasteiger partial charge >= 0.3 is 0 Å². The van der Waals surface area contributed by atoms with E-state index in [0.717, 1.165) is 12.0 Å². The van der Waals surface area contributed by atoms with Crippen molar-refractivity contribution in [2.45, 2.75) is 31.7 Å². The summed E-state index contributed by atoms with van der Waals surface area (Å²) in [6.07, 6.45) is 7.23. The van der Waals surface area contributed by atoms with E-state index >= 15 is 0 Å². The zero-order valence-electron chi connectivity index (χ0n) is 9.89. The van der Waals surface area contributed by atoms with Crippen LogP contribution in [0.4, 0.5) is 5.69 Å². The van der Waals surface area contributed by atoms with Crippen molar-refractivity contribution >= 4 is 11.5 Å². The quantitative estimate of drug-likeness (QED) is 0.598. The molecule has 17 heavy (non-hydrogen) atoms. The Morgan fingerprint density at radius 1 is 1.35 bits per heavy atom. The lowest BCUT2D eigenvalue weighted by Gasteiger charge is -2.24. The van der Waals surface area contributed by atoms with Crippen LogP contribution in [0.3, 0.4) is 0 Å². The van der Waals surface area contributed by atoms with Gasteiger partial charge in [-0.3, -0.25) is 10.4 Å². The molecule has 0 amide bonds. The molecule has 4 heteroatoms. The Balaban J connectivity index is 1.77. The molecular weight excluding hydrogens is 212 g/mol. The molecule has 0 spiro atoms. The van der Waals surface area contributed by atoms with Crippen molar-refractivity contribution in [1.29, 1.82) is 5.41 Å². The zero-order valence-corrected chi connectivity index (χ0v) is 9.89. The monoisotopic (exact) mass is 230 g/mol. The molecule has 1 aromatic rings. The molecular formula is C13H18N4. The molecule has 1 aromatic heterocycles. The number of amidine groups is 1. The molecule has 0 radical (unpaired) electrons. The highest BCUT2D eigenvalue weighted by Gasteiger charge is 2.33. The van der Waals surface area contributed by atoms with Crippen molar-refractivity contribution in [3.8, 4) is 0 Å². The van der Waals surface area contributed by atoms with Crippen LogP contribution >= 0.6 is 0 Å². The fourth-order valence-electron chi connectivity index (χ4n) is 2.15. The van der Waals surface area contributed by atoms with E-state index in [2.05, 4.69) is 9.88 Å². The first kappa shape index (κ1) is 10.6. The number of nitrogen functional groups attached to an aromatic ring is 1. The van der Waals surface area contributed by atoms with E-state index in [-0.39, 0.29) is 5.84 Å². The Hall–Kier alpha value is -1.58. The summed E-state index contributed by atoms with van der Waals surface area (Å²) in [5, 5.41) is 7.33. The molecule has 3 N–H and O–H groups in total. The van der Waals surface area contributed by atoms with Gasteiger partial charge in [0.05, 0.1) is 11.9 Å². The van der Waals surface area contributed by atoms with Gasteiger partial charge in [0.1, 0.15) is 11.5 Å². The third-order valence-electron chi connectivity index (χ3n) is 3.49. The molecule has 0 saturated heterocycles. The van der Waals surface area contributed by atoms with Crippen molar-refractivity contribution in [3.05, 3.63) is 24.0 Å². The fourth-order valence-corrected chi connectivity index (χ4v) is 2.15. The summed E-state index contributed by atoms with van der Waals surface area (Å²) in [6.45, 7) is 1.17. The summed E-state index contributed by atoms with van der Waals surface area (Å²) in [7, 11) is 0. The second kappa shape index (κ2) is 4.02. The van der Waals surface area contributed by atoms with E-state index in [4.69, 9.17) is 11.1 Å². The number of nitrogens with two attached hydrogens (primary N) is 1. The molecule has 0 aliphatic heterocycles. The molecule has 2 fully saturated rings. The molecule has 3 rings (SSSR count). The highest BCUT2D eigenvalue weighted by Crippen LogP contribution is 2.37. The maximum absolute atomic E-state index is 7.33. The first-order chi connectivity index (χ1) is 8.24. The number of nitrogens with one attached hydrogen (secondary N) is 1. The van der Waals surface area contributed by atoms with Crippen LogP contribution in [-0.2, 0) is 0 Å². The number of pyridine rings is 1. The summed E-state index contributed by atoms with van der Waals surface area (Å²) in [4.78, 5) is 6.73. The van der Waals surface area contributed by atoms with Gasteiger partial charge in [-0.25, -0.2) is 0 Å². The maximum atomic E-state index is 7.33. The van der Waals surface area contributed by atoms with Crippen LogP contribution in [0.15, 0.2) is 18.3 Å². The van der Waals surface area contributed by atoms with Gasteiger partial charge in [-0.05, 0) is 43.7 Å². The highest BCUT2D eigenvalue weighted by atomic mass is 15.2. The lowest BCUT2D eigenvalue weighted by molar-refractivity contribution is 0.717. The minimum absolute atomic E-state index is 0.0386. The topological polar surface area (TPSA) is 66.0 Å². The van der Waals surface area contributed by atoms with Crippen LogP contribution in [-0.4, -0.2) is 23.4 Å². The number of hydrogen-bond donors (Lipinski definition) is 2. The second-order valence-corrected chi connectivity index (χ2v) is 5.14. The predicted octanol–water partition coefficient (Wildman–Crippen LogP) is 1.74. The smallest absolute Gasteiger partial charge is 0.141 e. The van der Waals surface area contributed by atoms with E-state index in [1.807, 2.05) is 18.3 Å². The van der Waals surface area contributed by atoms with E-state index in [1.165, 1.54) is 37.9 Å². The standard InChI is InChI=1S/C13H18N4/c14-13(15)12-6-5-11(7-16-12)17(10-3-4-10)8-9-1-2-9/h5-7,9-10H,1-4,8H2,(H3,14,15). The molecule has 1 heterocycles. The van der Waals surface area contributed by atoms with Crippen LogP contribution in [0, 0.1) is 11.3 Å². The second-order valence-electron chi connectivity index (χ2n) is 5.14. The number of anilines is 1. The van der Waals surface area contributed by atoms with Crippen molar-refractivity contribution in [1.82, 2.24) is 4.98 Å². The van der Waals surface area contributed by atoms with E-state index in [0.29, 0.717) is 5.69 Å².